The summed E-state index contributed by atoms with van der Waals surface area (Å²) >= 11 is 5.93. The van der Waals surface area contributed by atoms with Crippen molar-refractivity contribution in [2.75, 3.05) is 28.7 Å². The van der Waals surface area contributed by atoms with Gasteiger partial charge in [0.15, 0.2) is 0 Å². The van der Waals surface area contributed by atoms with Crippen molar-refractivity contribution in [1.29, 1.82) is 0 Å². The molecular formula is C20H19ClN6O3. The van der Waals surface area contributed by atoms with Crippen molar-refractivity contribution < 1.29 is 4.79 Å². The monoisotopic (exact) mass is 426 g/mol. The minimum absolute atomic E-state index is 0.0692. The molecule has 0 fully saturated rings. The number of anilines is 3. The maximum Gasteiger partial charge on any atom is 0.332 e. The quantitative estimate of drug-likeness (QED) is 0.657. The molecule has 9 nitrogen and oxygen atoms in total. The maximum atomic E-state index is 12.6. The summed E-state index contributed by atoms with van der Waals surface area (Å²) in [7, 11) is 2.98. The van der Waals surface area contributed by atoms with Gasteiger partial charge < -0.3 is 15.5 Å². The normalized spacial score (nSPS) is 12.4. The van der Waals surface area contributed by atoms with Gasteiger partial charge in [-0.05, 0) is 35.4 Å². The lowest BCUT2D eigenvalue weighted by molar-refractivity contribution is -0.115. The number of fused-ring (bicyclic) bond motifs is 1. The molecule has 0 saturated carbocycles. The zero-order valence-electron chi connectivity index (χ0n) is 16.3. The number of pyridine rings is 1. The van der Waals surface area contributed by atoms with Crippen LogP contribution in [0, 0.1) is 0 Å². The van der Waals surface area contributed by atoms with Gasteiger partial charge in [-0.1, -0.05) is 23.7 Å². The van der Waals surface area contributed by atoms with Crippen LogP contribution in [0.15, 0.2) is 52.2 Å². The molecule has 30 heavy (non-hydrogen) atoms. The molecule has 0 saturated heterocycles. The number of nitrogens with one attached hydrogen (secondary N) is 2. The molecule has 0 atom stereocenters. The maximum absolute atomic E-state index is 12.6. The lowest BCUT2D eigenvalue weighted by Crippen LogP contribution is -2.41. The van der Waals surface area contributed by atoms with E-state index in [1.165, 1.54) is 11.6 Å². The highest BCUT2D eigenvalue weighted by Crippen LogP contribution is 2.26. The second kappa shape index (κ2) is 7.68. The Hall–Kier alpha value is -3.59. The van der Waals surface area contributed by atoms with E-state index in [9.17, 15) is 14.4 Å². The fraction of sp³-hybridized carbons (Fsp3) is 0.200. The average Bonchev–Trinajstić information content (AvgIpc) is 3.15. The second-order valence-corrected chi connectivity index (χ2v) is 7.36. The standard InChI is InChI=1S/C20H19ClN6O3/c1-25-18-17(19(29)26(2)20(25)30)27(11-23-18)10-16(28)24-15-9-13(7-8-22-15)12-3-5-14(21)6-4-12/h3-9,23H,10-11H2,1-2H3,(H,22,24,28). The molecule has 1 aliphatic heterocycles. The van der Waals surface area contributed by atoms with Crippen LogP contribution in [0.3, 0.4) is 0 Å². The molecule has 0 aliphatic carbocycles. The first-order chi connectivity index (χ1) is 14.3. The van der Waals surface area contributed by atoms with E-state index < -0.39 is 11.2 Å². The SMILES string of the molecule is Cn1c2c(c(=O)n(C)c1=O)N(CC(=O)Nc1cc(-c3ccc(Cl)cc3)ccn1)CN2. The van der Waals surface area contributed by atoms with Crippen molar-refractivity contribution in [3.63, 3.8) is 0 Å². The smallest absolute Gasteiger partial charge is 0.332 e. The summed E-state index contributed by atoms with van der Waals surface area (Å²) in [6.45, 7) is 0.174. The van der Waals surface area contributed by atoms with Gasteiger partial charge in [-0.3, -0.25) is 18.7 Å². The summed E-state index contributed by atoms with van der Waals surface area (Å²) in [6.07, 6.45) is 1.61. The number of hydrogen-bond donors (Lipinski definition) is 2. The van der Waals surface area contributed by atoms with E-state index in [2.05, 4.69) is 15.6 Å². The van der Waals surface area contributed by atoms with Crippen molar-refractivity contribution in [2.45, 2.75) is 0 Å². The highest BCUT2D eigenvalue weighted by atomic mass is 35.5. The topological polar surface area (TPSA) is 101 Å². The molecule has 1 aromatic carbocycles. The third kappa shape index (κ3) is 3.55. The van der Waals surface area contributed by atoms with Crippen LogP contribution in [0.1, 0.15) is 0 Å². The van der Waals surface area contributed by atoms with Crippen molar-refractivity contribution in [3.05, 3.63) is 68.5 Å². The Balaban J connectivity index is 1.52. The summed E-state index contributed by atoms with van der Waals surface area (Å²) in [6, 6.07) is 11.0. The summed E-state index contributed by atoms with van der Waals surface area (Å²) in [5.74, 6) is 0.466. The van der Waals surface area contributed by atoms with E-state index in [1.54, 1.807) is 36.3 Å². The van der Waals surface area contributed by atoms with Gasteiger partial charge >= 0.3 is 5.69 Å². The van der Waals surface area contributed by atoms with E-state index in [-0.39, 0.29) is 24.8 Å². The fourth-order valence-corrected chi connectivity index (χ4v) is 3.50. The Morgan fingerprint density at radius 2 is 1.87 bits per heavy atom. The van der Waals surface area contributed by atoms with E-state index in [4.69, 9.17) is 11.6 Å². The second-order valence-electron chi connectivity index (χ2n) is 6.92. The van der Waals surface area contributed by atoms with Crippen molar-refractivity contribution >= 4 is 34.8 Å². The Morgan fingerprint density at radius 3 is 2.60 bits per heavy atom. The number of nitrogens with zero attached hydrogens (tertiary/aromatic N) is 4. The third-order valence-corrected chi connectivity index (χ3v) is 5.19. The molecule has 154 valence electrons. The molecule has 3 heterocycles. The van der Waals surface area contributed by atoms with Gasteiger partial charge in [0, 0.05) is 25.3 Å². The van der Waals surface area contributed by atoms with Crippen molar-refractivity contribution in [3.8, 4) is 11.1 Å². The first kappa shape index (κ1) is 19.7. The predicted octanol–water partition coefficient (Wildman–Crippen LogP) is 1.63. The molecule has 0 bridgehead atoms. The molecule has 0 unspecified atom stereocenters. The fourth-order valence-electron chi connectivity index (χ4n) is 3.37. The van der Waals surface area contributed by atoms with Gasteiger partial charge in [0.05, 0.1) is 13.2 Å². The lowest BCUT2D eigenvalue weighted by atomic mass is 10.1. The summed E-state index contributed by atoms with van der Waals surface area (Å²) in [4.78, 5) is 43.0. The molecule has 1 amide bonds. The summed E-state index contributed by atoms with van der Waals surface area (Å²) in [5, 5.41) is 6.40. The highest BCUT2D eigenvalue weighted by molar-refractivity contribution is 6.30. The van der Waals surface area contributed by atoms with Crippen molar-refractivity contribution in [2.24, 2.45) is 14.1 Å². The first-order valence-electron chi connectivity index (χ1n) is 9.16. The van der Waals surface area contributed by atoms with E-state index in [0.29, 0.717) is 16.7 Å². The van der Waals surface area contributed by atoms with Crippen LogP contribution < -0.4 is 26.8 Å². The molecule has 2 N–H and O–H groups in total. The number of aromatic nitrogens is 3. The van der Waals surface area contributed by atoms with Crippen LogP contribution in [0.25, 0.3) is 11.1 Å². The summed E-state index contributed by atoms with van der Waals surface area (Å²) < 4.78 is 2.37. The van der Waals surface area contributed by atoms with Crippen LogP contribution >= 0.6 is 11.6 Å². The van der Waals surface area contributed by atoms with Gasteiger partial charge in [0.1, 0.15) is 17.3 Å². The Bertz CT molecular complexity index is 1250. The molecule has 0 radical (unpaired) electrons. The van der Waals surface area contributed by atoms with Gasteiger partial charge in [-0.25, -0.2) is 9.78 Å². The number of rotatable bonds is 4. The summed E-state index contributed by atoms with van der Waals surface area (Å²) in [5.41, 5.74) is 1.24. The molecule has 2 aromatic heterocycles. The van der Waals surface area contributed by atoms with Gasteiger partial charge in [0.2, 0.25) is 5.91 Å². The predicted molar refractivity (Wildman–Crippen MR) is 116 cm³/mol. The van der Waals surface area contributed by atoms with Gasteiger partial charge in [0.25, 0.3) is 5.56 Å². The van der Waals surface area contributed by atoms with Crippen molar-refractivity contribution in [1.82, 2.24) is 14.1 Å². The number of carbonyl (C=O) groups excluding carboxylic acids is 1. The number of halogens is 1. The van der Waals surface area contributed by atoms with Gasteiger partial charge in [-0.15, -0.1) is 0 Å². The van der Waals surface area contributed by atoms with Crippen LogP contribution in [-0.4, -0.2) is 33.2 Å². The van der Waals surface area contributed by atoms with E-state index in [0.717, 1.165) is 15.7 Å². The Morgan fingerprint density at radius 1 is 1.13 bits per heavy atom. The minimum atomic E-state index is -0.450. The minimum Gasteiger partial charge on any atom is -0.352 e. The largest absolute Gasteiger partial charge is 0.352 e. The Labute approximate surface area is 176 Å². The molecular weight excluding hydrogens is 408 g/mol. The molecule has 10 heteroatoms. The number of benzene rings is 1. The average molecular weight is 427 g/mol. The van der Waals surface area contributed by atoms with E-state index >= 15 is 0 Å². The zero-order valence-corrected chi connectivity index (χ0v) is 17.1. The molecule has 0 spiro atoms. The van der Waals surface area contributed by atoms with Gasteiger partial charge in [-0.2, -0.15) is 0 Å². The van der Waals surface area contributed by atoms with E-state index in [1.807, 2.05) is 18.2 Å². The molecule has 1 aliphatic rings. The van der Waals surface area contributed by atoms with Crippen LogP contribution in [0.2, 0.25) is 5.02 Å². The first-order valence-corrected chi connectivity index (χ1v) is 9.53. The number of carbonyl (C=O) groups is 1. The van der Waals surface area contributed by atoms with Crippen LogP contribution in [0.4, 0.5) is 17.3 Å². The highest BCUT2D eigenvalue weighted by Gasteiger charge is 2.28. The lowest BCUT2D eigenvalue weighted by Gasteiger charge is -2.17. The Kier molecular flexibility index (Phi) is 5.04. The number of amides is 1. The van der Waals surface area contributed by atoms with Crippen LogP contribution in [0.5, 0.6) is 0 Å². The zero-order chi connectivity index (χ0) is 21.4. The third-order valence-electron chi connectivity index (χ3n) is 4.93. The van der Waals surface area contributed by atoms with Crippen LogP contribution in [-0.2, 0) is 18.9 Å². The molecule has 3 aromatic rings. The molecule has 4 rings (SSSR count). The number of hydrogen-bond acceptors (Lipinski definition) is 6.